The summed E-state index contributed by atoms with van der Waals surface area (Å²) in [5.74, 6) is 0.428. The van der Waals surface area contributed by atoms with Crippen LogP contribution in [0.5, 0.6) is 10.8 Å². The van der Waals surface area contributed by atoms with Crippen LogP contribution < -0.4 is 4.74 Å². The predicted octanol–water partition coefficient (Wildman–Crippen LogP) is 4.29. The van der Waals surface area contributed by atoms with E-state index in [0.717, 1.165) is 11.5 Å². The average Bonchev–Trinajstić information content (AvgIpc) is 2.67. The first-order chi connectivity index (χ1) is 7.16. The highest BCUT2D eigenvalue weighted by Gasteiger charge is 2.09. The van der Waals surface area contributed by atoms with E-state index in [1.807, 2.05) is 0 Å². The summed E-state index contributed by atoms with van der Waals surface area (Å²) in [5, 5.41) is 5.32. The highest BCUT2D eigenvalue weighted by Crippen LogP contribution is 2.36. The van der Waals surface area contributed by atoms with Crippen LogP contribution in [0, 0.1) is 0 Å². The van der Waals surface area contributed by atoms with Gasteiger partial charge in [-0.2, -0.15) is 0 Å². The molecule has 0 aliphatic carbocycles. The zero-order chi connectivity index (χ0) is 10.8. The standard InChI is InChI=1S/C8H3Cl3N2OS/c9-4-1-6(11)7(2-5(4)10)14-8-3-12-13-15-8/h1-3H. The fourth-order valence-corrected chi connectivity index (χ4v) is 1.87. The molecule has 15 heavy (non-hydrogen) atoms. The maximum absolute atomic E-state index is 5.91. The largest absolute Gasteiger partial charge is 0.442 e. The van der Waals surface area contributed by atoms with Crippen molar-refractivity contribution < 1.29 is 4.74 Å². The molecular formula is C8H3Cl3N2OS. The average molecular weight is 282 g/mol. The van der Waals surface area contributed by atoms with Crippen molar-refractivity contribution in [1.29, 1.82) is 0 Å². The molecule has 78 valence electrons. The van der Waals surface area contributed by atoms with E-state index in [-0.39, 0.29) is 0 Å². The SMILES string of the molecule is Clc1cc(Cl)c(Oc2cnns2)cc1Cl. The zero-order valence-corrected chi connectivity index (χ0v) is 10.2. The van der Waals surface area contributed by atoms with Gasteiger partial charge in [0.15, 0.2) is 0 Å². The smallest absolute Gasteiger partial charge is 0.220 e. The molecule has 3 nitrogen and oxygen atoms in total. The molecular weight excluding hydrogens is 279 g/mol. The molecule has 1 heterocycles. The Balaban J connectivity index is 2.33. The summed E-state index contributed by atoms with van der Waals surface area (Å²) in [7, 11) is 0. The fourth-order valence-electron chi connectivity index (χ4n) is 0.894. The normalized spacial score (nSPS) is 10.3. The molecule has 0 saturated carbocycles. The maximum Gasteiger partial charge on any atom is 0.220 e. The Labute approximate surface area is 105 Å². The van der Waals surface area contributed by atoms with Crippen molar-refractivity contribution in [1.82, 2.24) is 9.59 Å². The Hall–Kier alpha value is -0.550. The molecule has 0 atom stereocenters. The molecule has 0 radical (unpaired) electrons. The minimum Gasteiger partial charge on any atom is -0.442 e. The number of benzene rings is 1. The van der Waals surface area contributed by atoms with Crippen LogP contribution in [-0.4, -0.2) is 9.59 Å². The van der Waals surface area contributed by atoms with Crippen LogP contribution in [-0.2, 0) is 0 Å². The number of nitrogens with zero attached hydrogens (tertiary/aromatic N) is 2. The first-order valence-corrected chi connectivity index (χ1v) is 5.67. The van der Waals surface area contributed by atoms with Gasteiger partial charge in [0.2, 0.25) is 5.06 Å². The van der Waals surface area contributed by atoms with E-state index in [2.05, 4.69) is 9.59 Å². The van der Waals surface area contributed by atoms with Gasteiger partial charge in [-0.05, 0) is 6.07 Å². The third-order valence-corrected chi connectivity index (χ3v) is 3.09. The molecule has 0 N–H and O–H groups in total. The number of halogens is 3. The molecule has 1 aromatic heterocycles. The summed E-state index contributed by atoms with van der Waals surface area (Å²) < 4.78 is 9.06. The molecule has 2 rings (SSSR count). The fraction of sp³-hybridized carbons (Fsp3) is 0. The van der Waals surface area contributed by atoms with Gasteiger partial charge in [0.25, 0.3) is 0 Å². The van der Waals surface area contributed by atoms with Crippen molar-refractivity contribution in [3.05, 3.63) is 33.4 Å². The van der Waals surface area contributed by atoms with Gasteiger partial charge in [0.05, 0.1) is 15.1 Å². The summed E-state index contributed by atoms with van der Waals surface area (Å²) in [6.07, 6.45) is 1.49. The highest BCUT2D eigenvalue weighted by molar-refractivity contribution is 7.07. The third-order valence-electron chi connectivity index (χ3n) is 1.53. The molecule has 0 spiro atoms. The van der Waals surface area contributed by atoms with E-state index in [9.17, 15) is 0 Å². The molecule has 1 aromatic carbocycles. The number of hydrogen-bond acceptors (Lipinski definition) is 4. The van der Waals surface area contributed by atoms with Crippen molar-refractivity contribution in [2.75, 3.05) is 0 Å². The molecule has 0 fully saturated rings. The van der Waals surface area contributed by atoms with Crippen molar-refractivity contribution >= 4 is 46.3 Å². The summed E-state index contributed by atoms with van der Waals surface area (Å²) in [6, 6.07) is 3.07. The molecule has 0 bridgehead atoms. The van der Waals surface area contributed by atoms with Gasteiger partial charge in [-0.15, -0.1) is 5.10 Å². The first kappa shape index (κ1) is 11.0. The number of aromatic nitrogens is 2. The van der Waals surface area contributed by atoms with Crippen molar-refractivity contribution in [3.63, 3.8) is 0 Å². The zero-order valence-electron chi connectivity index (χ0n) is 7.08. The van der Waals surface area contributed by atoms with Gasteiger partial charge in [-0.3, -0.25) is 0 Å². The topological polar surface area (TPSA) is 35.0 Å². The van der Waals surface area contributed by atoms with Crippen molar-refractivity contribution in [2.45, 2.75) is 0 Å². The highest BCUT2D eigenvalue weighted by atomic mass is 35.5. The molecule has 0 saturated heterocycles. The number of hydrogen-bond donors (Lipinski definition) is 0. The first-order valence-electron chi connectivity index (χ1n) is 3.76. The molecule has 0 amide bonds. The maximum atomic E-state index is 5.91. The lowest BCUT2D eigenvalue weighted by atomic mass is 10.3. The Morgan fingerprint density at radius 1 is 1.07 bits per heavy atom. The van der Waals surface area contributed by atoms with Gasteiger partial charge in [0.1, 0.15) is 11.9 Å². The molecule has 2 aromatic rings. The summed E-state index contributed by atoms with van der Waals surface area (Å²) in [4.78, 5) is 0. The minimum absolute atomic E-state index is 0.383. The lowest BCUT2D eigenvalue weighted by Crippen LogP contribution is -1.83. The van der Waals surface area contributed by atoms with E-state index in [1.165, 1.54) is 12.3 Å². The van der Waals surface area contributed by atoms with Crippen molar-refractivity contribution in [3.8, 4) is 10.8 Å². The third kappa shape index (κ3) is 2.52. The lowest BCUT2D eigenvalue weighted by molar-refractivity contribution is 0.495. The molecule has 7 heteroatoms. The Morgan fingerprint density at radius 2 is 1.80 bits per heavy atom. The second-order valence-electron chi connectivity index (χ2n) is 2.54. The van der Waals surface area contributed by atoms with E-state index in [4.69, 9.17) is 39.5 Å². The second-order valence-corrected chi connectivity index (χ2v) is 4.51. The van der Waals surface area contributed by atoms with Gasteiger partial charge in [-0.25, -0.2) is 0 Å². The summed E-state index contributed by atoms with van der Waals surface area (Å²) >= 11 is 18.6. The van der Waals surface area contributed by atoms with Crippen LogP contribution in [0.1, 0.15) is 0 Å². The quantitative estimate of drug-likeness (QED) is 0.770. The van der Waals surface area contributed by atoms with Crippen LogP contribution in [0.2, 0.25) is 15.1 Å². The van der Waals surface area contributed by atoms with E-state index in [1.54, 1.807) is 6.07 Å². The van der Waals surface area contributed by atoms with Crippen LogP contribution in [0.15, 0.2) is 18.3 Å². The number of ether oxygens (including phenoxy) is 1. The van der Waals surface area contributed by atoms with Crippen LogP contribution >= 0.6 is 46.3 Å². The van der Waals surface area contributed by atoms with Gasteiger partial charge >= 0.3 is 0 Å². The lowest BCUT2D eigenvalue weighted by Gasteiger charge is -2.05. The van der Waals surface area contributed by atoms with Crippen LogP contribution in [0.3, 0.4) is 0 Å². The second kappa shape index (κ2) is 4.53. The van der Waals surface area contributed by atoms with Crippen LogP contribution in [0.25, 0.3) is 0 Å². The summed E-state index contributed by atoms with van der Waals surface area (Å²) in [6.45, 7) is 0. The minimum atomic E-state index is 0.383. The van der Waals surface area contributed by atoms with E-state index < -0.39 is 0 Å². The molecule has 0 aliphatic heterocycles. The van der Waals surface area contributed by atoms with Gasteiger partial charge in [-0.1, -0.05) is 39.3 Å². The van der Waals surface area contributed by atoms with Crippen LogP contribution in [0.4, 0.5) is 0 Å². The Kier molecular flexibility index (Phi) is 3.31. The van der Waals surface area contributed by atoms with Gasteiger partial charge < -0.3 is 4.74 Å². The molecule has 0 unspecified atom stereocenters. The number of rotatable bonds is 2. The van der Waals surface area contributed by atoms with E-state index >= 15 is 0 Å². The Bertz CT molecular complexity index is 475. The van der Waals surface area contributed by atoms with Gasteiger partial charge in [0, 0.05) is 17.6 Å². The summed E-state index contributed by atoms with van der Waals surface area (Å²) in [5.41, 5.74) is 0. The molecule has 0 aliphatic rings. The van der Waals surface area contributed by atoms with E-state index in [0.29, 0.717) is 25.9 Å². The predicted molar refractivity (Wildman–Crippen MR) is 61.5 cm³/mol. The monoisotopic (exact) mass is 280 g/mol. The Morgan fingerprint density at radius 3 is 2.47 bits per heavy atom. The van der Waals surface area contributed by atoms with Crippen molar-refractivity contribution in [2.24, 2.45) is 0 Å².